The molecule has 8 heteroatoms. The van der Waals surface area contributed by atoms with E-state index in [9.17, 15) is 9.90 Å². The van der Waals surface area contributed by atoms with Gasteiger partial charge in [0.25, 0.3) is 0 Å². The number of hydrogen-bond donors (Lipinski definition) is 1. The Hall–Kier alpha value is -2.33. The fourth-order valence-electron chi connectivity index (χ4n) is 4.86. The lowest BCUT2D eigenvalue weighted by Crippen LogP contribution is -2.56. The number of fused-ring (bicyclic) bond motifs is 1. The number of ether oxygens (including phenoxy) is 5. The maximum absolute atomic E-state index is 13.4. The van der Waals surface area contributed by atoms with Gasteiger partial charge in [-0.15, -0.1) is 0 Å². The van der Waals surface area contributed by atoms with E-state index >= 15 is 0 Å². The lowest BCUT2D eigenvalue weighted by Gasteiger charge is -2.36. The van der Waals surface area contributed by atoms with Crippen molar-refractivity contribution in [1.82, 2.24) is 4.90 Å². The number of benzene rings is 2. The Labute approximate surface area is 206 Å². The molecular weight excluding hydrogens is 450 g/mol. The van der Waals surface area contributed by atoms with Crippen molar-refractivity contribution in [2.45, 2.75) is 76.4 Å². The lowest BCUT2D eigenvalue weighted by atomic mass is 9.97. The summed E-state index contributed by atoms with van der Waals surface area (Å²) >= 11 is 0. The fraction of sp³-hybridized carbons (Fsp3) is 0.519. The molecule has 8 nitrogen and oxygen atoms in total. The van der Waals surface area contributed by atoms with Crippen LogP contribution in [0, 0.1) is 0 Å². The molecule has 2 aromatic rings. The van der Waals surface area contributed by atoms with Crippen LogP contribution in [-0.2, 0) is 41.6 Å². The summed E-state index contributed by atoms with van der Waals surface area (Å²) in [5.74, 6) is -1.38. The van der Waals surface area contributed by atoms with Crippen molar-refractivity contribution >= 4 is 5.97 Å². The summed E-state index contributed by atoms with van der Waals surface area (Å²) in [7, 11) is 1.52. The molecule has 0 amide bonds. The smallest absolute Gasteiger partial charge is 0.326 e. The van der Waals surface area contributed by atoms with Crippen molar-refractivity contribution in [3.8, 4) is 0 Å². The van der Waals surface area contributed by atoms with E-state index in [0.29, 0.717) is 13.1 Å². The van der Waals surface area contributed by atoms with E-state index < -0.39 is 48.5 Å². The number of nitrogens with zero attached hydrogens (tertiary/aromatic N) is 1. The summed E-state index contributed by atoms with van der Waals surface area (Å²) in [6.07, 6.45) is -3.95. The van der Waals surface area contributed by atoms with Gasteiger partial charge >= 0.3 is 5.97 Å². The van der Waals surface area contributed by atoms with Crippen molar-refractivity contribution in [1.29, 1.82) is 0 Å². The Bertz CT molecular complexity index is 913. The van der Waals surface area contributed by atoms with Gasteiger partial charge in [-0.25, -0.2) is 0 Å². The van der Waals surface area contributed by atoms with E-state index in [4.69, 9.17) is 23.7 Å². The molecule has 4 rings (SSSR count). The molecule has 35 heavy (non-hydrogen) atoms. The highest BCUT2D eigenvalue weighted by atomic mass is 16.8. The van der Waals surface area contributed by atoms with Crippen molar-refractivity contribution in [2.75, 3.05) is 13.7 Å². The zero-order chi connectivity index (χ0) is 25.0. The topological polar surface area (TPSA) is 86.7 Å². The molecule has 2 heterocycles. The molecule has 2 saturated heterocycles. The standard InChI is InChI=1S/C27H35NO7/c1-5-32-25(30)20(21(29)22-23-24(26(31-4)33-22)35-27(2,3)34-23)28(16-18-12-8-6-9-13-18)17-19-14-10-7-11-15-19/h6-15,20-24,26,29H,5,16-17H2,1-4H3/t20-,21-,22-,23-,24-,26-/m1/s1. The molecule has 0 bridgehead atoms. The van der Waals surface area contributed by atoms with E-state index in [-0.39, 0.29) is 6.61 Å². The van der Waals surface area contributed by atoms with Crippen LogP contribution in [0.1, 0.15) is 31.9 Å². The van der Waals surface area contributed by atoms with E-state index in [0.717, 1.165) is 11.1 Å². The number of carbonyl (C=O) groups is 1. The summed E-state index contributed by atoms with van der Waals surface area (Å²) in [6, 6.07) is 18.6. The molecule has 6 atom stereocenters. The molecule has 0 spiro atoms. The first-order chi connectivity index (χ1) is 16.8. The van der Waals surface area contributed by atoms with Gasteiger partial charge in [0.15, 0.2) is 12.1 Å². The zero-order valence-corrected chi connectivity index (χ0v) is 20.7. The maximum atomic E-state index is 13.4. The summed E-state index contributed by atoms with van der Waals surface area (Å²) in [5.41, 5.74) is 2.01. The number of aliphatic hydroxyl groups is 1. The van der Waals surface area contributed by atoms with E-state index in [2.05, 4.69) is 0 Å². The predicted molar refractivity (Wildman–Crippen MR) is 128 cm³/mol. The highest BCUT2D eigenvalue weighted by Crippen LogP contribution is 2.41. The first kappa shape index (κ1) is 25.8. The Morgan fingerprint density at radius 2 is 1.54 bits per heavy atom. The molecule has 2 fully saturated rings. The molecule has 0 aromatic heterocycles. The average Bonchev–Trinajstić information content (AvgIpc) is 3.33. The highest BCUT2D eigenvalue weighted by molar-refractivity contribution is 5.76. The van der Waals surface area contributed by atoms with Gasteiger partial charge in [0, 0.05) is 20.2 Å². The van der Waals surface area contributed by atoms with Crippen molar-refractivity contribution < 1.29 is 33.6 Å². The summed E-state index contributed by atoms with van der Waals surface area (Å²) in [4.78, 5) is 15.3. The molecule has 2 aliphatic heterocycles. The summed E-state index contributed by atoms with van der Waals surface area (Å²) in [6.45, 7) is 6.40. The molecular formula is C27H35NO7. The number of carbonyl (C=O) groups excluding carboxylic acids is 1. The van der Waals surface area contributed by atoms with Crippen molar-refractivity contribution in [3.63, 3.8) is 0 Å². The van der Waals surface area contributed by atoms with Crippen molar-refractivity contribution in [2.24, 2.45) is 0 Å². The van der Waals surface area contributed by atoms with Gasteiger partial charge in [-0.1, -0.05) is 60.7 Å². The number of aliphatic hydroxyl groups excluding tert-OH is 1. The molecule has 2 aliphatic rings. The van der Waals surface area contributed by atoms with Crippen LogP contribution in [0.5, 0.6) is 0 Å². The molecule has 190 valence electrons. The summed E-state index contributed by atoms with van der Waals surface area (Å²) < 4.78 is 29.0. The van der Waals surface area contributed by atoms with E-state index in [1.54, 1.807) is 20.8 Å². The Morgan fingerprint density at radius 3 is 2.06 bits per heavy atom. The van der Waals surface area contributed by atoms with Crippen LogP contribution in [0.2, 0.25) is 0 Å². The van der Waals surface area contributed by atoms with Crippen LogP contribution < -0.4 is 0 Å². The first-order valence-corrected chi connectivity index (χ1v) is 12.0. The van der Waals surface area contributed by atoms with Crippen LogP contribution in [0.25, 0.3) is 0 Å². The second-order valence-corrected chi connectivity index (χ2v) is 9.33. The van der Waals surface area contributed by atoms with Crippen LogP contribution in [0.4, 0.5) is 0 Å². The third-order valence-corrected chi connectivity index (χ3v) is 6.32. The maximum Gasteiger partial charge on any atom is 0.326 e. The van der Waals surface area contributed by atoms with E-state index in [1.807, 2.05) is 65.6 Å². The minimum Gasteiger partial charge on any atom is -0.465 e. The molecule has 0 aliphatic carbocycles. The minimum absolute atomic E-state index is 0.192. The van der Waals surface area contributed by atoms with Gasteiger partial charge in [0.1, 0.15) is 30.5 Å². The zero-order valence-electron chi connectivity index (χ0n) is 20.7. The molecule has 0 unspecified atom stereocenters. The predicted octanol–water partition coefficient (Wildman–Crippen LogP) is 2.87. The van der Waals surface area contributed by atoms with Crippen LogP contribution >= 0.6 is 0 Å². The van der Waals surface area contributed by atoms with Gasteiger partial charge in [-0.2, -0.15) is 0 Å². The number of esters is 1. The quantitative estimate of drug-likeness (QED) is 0.514. The molecule has 2 aromatic carbocycles. The monoisotopic (exact) mass is 485 g/mol. The highest BCUT2D eigenvalue weighted by Gasteiger charge is 2.59. The average molecular weight is 486 g/mol. The second kappa shape index (κ2) is 11.2. The van der Waals surface area contributed by atoms with Gasteiger partial charge < -0.3 is 28.8 Å². The second-order valence-electron chi connectivity index (χ2n) is 9.33. The normalized spacial score (nSPS) is 26.9. The lowest BCUT2D eigenvalue weighted by molar-refractivity contribution is -0.240. The molecule has 0 saturated carbocycles. The van der Waals surface area contributed by atoms with Gasteiger partial charge in [-0.05, 0) is 31.9 Å². The van der Waals surface area contributed by atoms with Crippen LogP contribution in [0.3, 0.4) is 0 Å². The SMILES string of the molecule is CCOC(=O)[C@@H]([C@@H](O)[C@H]1O[C@@H](OC)[C@@H]2OC(C)(C)O[C@H]12)N(Cc1ccccc1)Cc1ccccc1. The fourth-order valence-corrected chi connectivity index (χ4v) is 4.86. The molecule has 1 N–H and O–H groups in total. The summed E-state index contributed by atoms with van der Waals surface area (Å²) in [5, 5.41) is 11.7. The Morgan fingerprint density at radius 1 is 1.00 bits per heavy atom. The van der Waals surface area contributed by atoms with Gasteiger partial charge in [0.2, 0.25) is 0 Å². The van der Waals surface area contributed by atoms with Gasteiger partial charge in [-0.3, -0.25) is 9.69 Å². The Balaban J connectivity index is 1.67. The van der Waals surface area contributed by atoms with E-state index in [1.165, 1.54) is 7.11 Å². The number of methoxy groups -OCH3 is 1. The van der Waals surface area contributed by atoms with Gasteiger partial charge in [0.05, 0.1) is 6.61 Å². The number of hydrogen-bond acceptors (Lipinski definition) is 8. The first-order valence-electron chi connectivity index (χ1n) is 12.0. The van der Waals surface area contributed by atoms with Crippen LogP contribution in [0.15, 0.2) is 60.7 Å². The van der Waals surface area contributed by atoms with Crippen molar-refractivity contribution in [3.05, 3.63) is 71.8 Å². The largest absolute Gasteiger partial charge is 0.465 e. The number of rotatable bonds is 10. The third-order valence-electron chi connectivity index (χ3n) is 6.32. The minimum atomic E-state index is -1.26. The Kier molecular flexibility index (Phi) is 8.21. The molecule has 0 radical (unpaired) electrons. The van der Waals surface area contributed by atoms with Crippen LogP contribution in [-0.4, -0.2) is 72.2 Å². The third kappa shape index (κ3) is 5.91.